The third-order valence-electron chi connectivity index (χ3n) is 10.0. The molecule has 0 aliphatic carbocycles. The van der Waals surface area contributed by atoms with Crippen LogP contribution in [0, 0.1) is 17.8 Å². The van der Waals surface area contributed by atoms with Crippen LogP contribution < -0.4 is 5.32 Å². The number of carbonyl (C=O) groups excluding carboxylic acids is 4. The topological polar surface area (TPSA) is 135 Å². The molecule has 3 amide bonds. The van der Waals surface area contributed by atoms with Crippen molar-refractivity contribution >= 4 is 23.7 Å². The molecule has 3 fully saturated rings. The van der Waals surface area contributed by atoms with Gasteiger partial charge in [0.1, 0.15) is 17.7 Å². The standard InChI is InChI=1S/C37H53N3O8/c1-7-10-17-29(42)38-26(23-46-6)32(25-15-13-12-14-16-25)47-36(45)30-28-18-19-37(48-28)31(30)34(43)40(27(22-41)24(4)5)33(37)35(44)39(20-9-3)21-11-8-2/h7,9,12-16,24,26-28,30-33,41H,1,3,8,10-11,17-23H2,2,4-6H3,(H,38,42)/t26-,27-,28-,30+,31+,32-,33-,37+/m0/s1. The lowest BCUT2D eigenvalue weighted by Crippen LogP contribution is -2.59. The third kappa shape index (κ3) is 7.38. The van der Waals surface area contributed by atoms with Crippen LogP contribution in [-0.2, 0) is 33.4 Å². The van der Waals surface area contributed by atoms with Gasteiger partial charge < -0.3 is 34.4 Å². The number of rotatable bonds is 19. The van der Waals surface area contributed by atoms with Crippen molar-refractivity contribution in [3.05, 3.63) is 61.2 Å². The summed E-state index contributed by atoms with van der Waals surface area (Å²) in [4.78, 5) is 59.5. The largest absolute Gasteiger partial charge is 0.455 e. The second kappa shape index (κ2) is 16.7. The Labute approximate surface area is 284 Å². The molecule has 2 bridgehead atoms. The normalized spacial score (nSPS) is 26.1. The Morgan fingerprint density at radius 3 is 2.54 bits per heavy atom. The van der Waals surface area contributed by atoms with Crippen molar-refractivity contribution < 1.29 is 38.5 Å². The summed E-state index contributed by atoms with van der Waals surface area (Å²) in [6, 6.07) is 6.71. The van der Waals surface area contributed by atoms with Crippen molar-refractivity contribution in [3.63, 3.8) is 0 Å². The third-order valence-corrected chi connectivity index (χ3v) is 10.0. The number of methoxy groups -OCH3 is 1. The molecule has 3 aliphatic rings. The number of fused-ring (bicyclic) bond motifs is 1. The van der Waals surface area contributed by atoms with Crippen molar-refractivity contribution in [2.45, 2.75) is 95.2 Å². The Balaban J connectivity index is 1.72. The lowest BCUT2D eigenvalue weighted by Gasteiger charge is -2.40. The predicted molar refractivity (Wildman–Crippen MR) is 180 cm³/mol. The second-order valence-corrected chi connectivity index (χ2v) is 13.4. The van der Waals surface area contributed by atoms with Gasteiger partial charge in [0.05, 0.1) is 43.2 Å². The maximum absolute atomic E-state index is 14.6. The van der Waals surface area contributed by atoms with Crippen LogP contribution >= 0.6 is 0 Å². The summed E-state index contributed by atoms with van der Waals surface area (Å²) < 4.78 is 18.4. The van der Waals surface area contributed by atoms with E-state index in [4.69, 9.17) is 14.2 Å². The van der Waals surface area contributed by atoms with Crippen LogP contribution in [0.2, 0.25) is 0 Å². The van der Waals surface area contributed by atoms with E-state index in [9.17, 15) is 24.3 Å². The average Bonchev–Trinajstić information content (AvgIpc) is 3.72. The molecule has 48 heavy (non-hydrogen) atoms. The lowest BCUT2D eigenvalue weighted by molar-refractivity contribution is -0.164. The van der Waals surface area contributed by atoms with Crippen molar-refractivity contribution in [1.82, 2.24) is 15.1 Å². The fourth-order valence-corrected chi connectivity index (χ4v) is 7.71. The molecule has 264 valence electrons. The molecule has 4 rings (SSSR count). The van der Waals surface area contributed by atoms with Gasteiger partial charge in [-0.25, -0.2) is 0 Å². The van der Waals surface area contributed by atoms with E-state index in [2.05, 4.69) is 18.5 Å². The van der Waals surface area contributed by atoms with Crippen LogP contribution in [-0.4, -0.2) is 102 Å². The summed E-state index contributed by atoms with van der Waals surface area (Å²) in [5.74, 6) is -3.65. The number of aliphatic hydroxyl groups is 1. The summed E-state index contributed by atoms with van der Waals surface area (Å²) in [5, 5.41) is 13.5. The number of likely N-dealkylation sites (tertiary alicyclic amines) is 1. The minimum atomic E-state index is -1.25. The van der Waals surface area contributed by atoms with E-state index in [1.807, 2.05) is 51.1 Å². The molecule has 0 aromatic heterocycles. The number of hydrogen-bond donors (Lipinski definition) is 2. The number of carbonyl (C=O) groups is 4. The molecular formula is C37H53N3O8. The summed E-state index contributed by atoms with van der Waals surface area (Å²) in [6.45, 7) is 13.9. The summed E-state index contributed by atoms with van der Waals surface area (Å²) >= 11 is 0. The fraction of sp³-hybridized carbons (Fsp3) is 0.622. The molecule has 8 atom stereocenters. The van der Waals surface area contributed by atoms with Crippen LogP contribution in [0.5, 0.6) is 0 Å². The van der Waals surface area contributed by atoms with E-state index in [0.29, 0.717) is 37.9 Å². The highest BCUT2D eigenvalue weighted by Crippen LogP contribution is 2.59. The molecule has 3 aliphatic heterocycles. The summed E-state index contributed by atoms with van der Waals surface area (Å²) in [7, 11) is 1.51. The van der Waals surface area contributed by atoms with E-state index in [1.165, 1.54) is 12.0 Å². The zero-order valence-electron chi connectivity index (χ0n) is 28.8. The van der Waals surface area contributed by atoms with Gasteiger partial charge >= 0.3 is 5.97 Å². The molecule has 2 N–H and O–H groups in total. The Hall–Kier alpha value is -3.54. The van der Waals surface area contributed by atoms with Gasteiger partial charge in [-0.2, -0.15) is 0 Å². The molecule has 11 nitrogen and oxygen atoms in total. The number of benzene rings is 1. The maximum Gasteiger partial charge on any atom is 0.313 e. The minimum absolute atomic E-state index is 0.0668. The maximum atomic E-state index is 14.6. The van der Waals surface area contributed by atoms with Gasteiger partial charge in [0, 0.05) is 26.6 Å². The van der Waals surface area contributed by atoms with E-state index in [0.717, 1.165) is 12.8 Å². The predicted octanol–water partition coefficient (Wildman–Crippen LogP) is 3.57. The number of nitrogens with zero attached hydrogens (tertiary/aromatic N) is 2. The zero-order valence-corrected chi connectivity index (χ0v) is 28.8. The van der Waals surface area contributed by atoms with Crippen molar-refractivity contribution in [2.24, 2.45) is 17.8 Å². The number of esters is 1. The van der Waals surface area contributed by atoms with Crippen LogP contribution in [0.1, 0.15) is 71.0 Å². The van der Waals surface area contributed by atoms with Crippen LogP contribution in [0.4, 0.5) is 0 Å². The molecule has 0 radical (unpaired) electrons. The molecule has 0 saturated carbocycles. The average molecular weight is 668 g/mol. The van der Waals surface area contributed by atoms with Gasteiger partial charge in [0.2, 0.25) is 17.7 Å². The molecule has 1 aromatic carbocycles. The Kier molecular flexibility index (Phi) is 13.0. The summed E-state index contributed by atoms with van der Waals surface area (Å²) in [5.41, 5.74) is -0.594. The number of allylic oxidation sites excluding steroid dienone is 1. The Morgan fingerprint density at radius 1 is 1.21 bits per heavy atom. The van der Waals surface area contributed by atoms with Crippen molar-refractivity contribution in [3.8, 4) is 0 Å². The van der Waals surface area contributed by atoms with Gasteiger partial charge in [0.15, 0.2) is 0 Å². The van der Waals surface area contributed by atoms with Gasteiger partial charge in [-0.15, -0.1) is 13.2 Å². The highest BCUT2D eigenvalue weighted by atomic mass is 16.6. The highest BCUT2D eigenvalue weighted by Gasteiger charge is 2.76. The Bertz CT molecular complexity index is 1300. The summed E-state index contributed by atoms with van der Waals surface area (Å²) in [6.07, 6.45) is 5.01. The van der Waals surface area contributed by atoms with Crippen molar-refractivity contribution in [1.29, 1.82) is 0 Å². The van der Waals surface area contributed by atoms with Crippen molar-refractivity contribution in [2.75, 3.05) is 33.4 Å². The van der Waals surface area contributed by atoms with E-state index in [1.54, 1.807) is 17.1 Å². The molecule has 1 aromatic rings. The number of ether oxygens (including phenoxy) is 3. The van der Waals surface area contributed by atoms with Gasteiger partial charge in [-0.05, 0) is 37.2 Å². The highest BCUT2D eigenvalue weighted by molar-refractivity contribution is 5.98. The van der Waals surface area contributed by atoms with E-state index >= 15 is 0 Å². The first-order chi connectivity index (χ1) is 23.1. The number of aliphatic hydroxyl groups excluding tert-OH is 1. The molecule has 1 spiro atoms. The van der Waals surface area contributed by atoms with Gasteiger partial charge in [0.25, 0.3) is 0 Å². The first-order valence-corrected chi connectivity index (χ1v) is 17.2. The molecule has 3 saturated heterocycles. The van der Waals surface area contributed by atoms with Gasteiger partial charge in [-0.1, -0.05) is 69.7 Å². The quantitative estimate of drug-likeness (QED) is 0.169. The first-order valence-electron chi connectivity index (χ1n) is 17.2. The van der Waals surface area contributed by atoms with Crippen LogP contribution in [0.3, 0.4) is 0 Å². The second-order valence-electron chi connectivity index (χ2n) is 13.4. The van der Waals surface area contributed by atoms with E-state index < -0.39 is 53.7 Å². The van der Waals surface area contributed by atoms with Crippen LogP contribution in [0.15, 0.2) is 55.6 Å². The lowest BCUT2D eigenvalue weighted by atomic mass is 9.70. The van der Waals surface area contributed by atoms with E-state index in [-0.39, 0.29) is 43.3 Å². The Morgan fingerprint density at radius 2 is 1.94 bits per heavy atom. The number of nitrogens with one attached hydrogen (secondary N) is 1. The minimum Gasteiger partial charge on any atom is -0.455 e. The SMILES string of the molecule is C=CCCC(=O)N[C@@H](COC)[C@@H](OC(=O)[C@@H]1[C@@H]2CC[C@]3(O2)[C@H](C(=O)N(CC=C)CCCC)N([C@@H](CO)C(C)C)C(=O)[C@@H]13)c1ccccc1. The molecule has 3 heterocycles. The number of unbranched alkanes of at least 4 members (excludes halogenated alkanes) is 1. The molecule has 11 heteroatoms. The number of amides is 3. The monoisotopic (exact) mass is 667 g/mol. The zero-order chi connectivity index (χ0) is 35.0. The fourth-order valence-electron chi connectivity index (χ4n) is 7.71. The van der Waals surface area contributed by atoms with Gasteiger partial charge in [-0.3, -0.25) is 19.2 Å². The smallest absolute Gasteiger partial charge is 0.313 e. The molecular weight excluding hydrogens is 614 g/mol. The van der Waals surface area contributed by atoms with Crippen LogP contribution in [0.25, 0.3) is 0 Å². The molecule has 0 unspecified atom stereocenters. The first kappa shape index (κ1) is 37.3. The number of hydrogen-bond acceptors (Lipinski definition) is 8.